The van der Waals surface area contributed by atoms with E-state index in [0.29, 0.717) is 0 Å². The Bertz CT molecular complexity index is 387. The Hall–Kier alpha value is 0.160. The maximum atomic E-state index is 11.8. The van der Waals surface area contributed by atoms with Crippen LogP contribution in [0.4, 0.5) is 0 Å². The fraction of sp³-hybridized carbons (Fsp3) is 0.750. The Morgan fingerprint density at radius 1 is 1.15 bits per heavy atom. The van der Waals surface area contributed by atoms with E-state index in [4.69, 9.17) is 5.11 Å². The molecule has 162 valence electrons. The number of rotatable bonds is 11. The number of nitrogens with zero attached hydrogens (tertiary/aromatic N) is 1. The number of thioether (sulfide) groups is 1. The van der Waals surface area contributed by atoms with Crippen molar-refractivity contribution in [1.29, 1.82) is 0 Å². The van der Waals surface area contributed by atoms with Crippen LogP contribution in [0.15, 0.2) is 23.8 Å². The molecular formula is C20H42NO3PS2. The van der Waals surface area contributed by atoms with Crippen LogP contribution >= 0.6 is 30.6 Å². The molecule has 0 saturated heterocycles. The van der Waals surface area contributed by atoms with Crippen LogP contribution in [0.1, 0.15) is 68.2 Å². The molecule has 0 bridgehead atoms. The van der Waals surface area contributed by atoms with E-state index in [1.165, 1.54) is 11.8 Å². The van der Waals surface area contributed by atoms with Crippen LogP contribution in [-0.2, 0) is 4.79 Å². The van der Waals surface area contributed by atoms with E-state index in [0.717, 1.165) is 43.0 Å². The van der Waals surface area contributed by atoms with Crippen LogP contribution in [-0.4, -0.2) is 50.5 Å². The first kappa shape index (κ1) is 31.8. The summed E-state index contributed by atoms with van der Waals surface area (Å²) in [5.41, 5.74) is 0.743. The summed E-state index contributed by atoms with van der Waals surface area (Å²) in [6.07, 6.45) is 7.44. The summed E-state index contributed by atoms with van der Waals surface area (Å²) in [4.78, 5) is 21.8. The molecule has 0 radical (unpaired) electrons. The zero-order chi connectivity index (χ0) is 21.7. The molecule has 0 fully saturated rings. The van der Waals surface area contributed by atoms with Gasteiger partial charge in [-0.3, -0.25) is 9.46 Å². The molecule has 2 N–H and O–H groups in total. The lowest BCUT2D eigenvalue weighted by molar-refractivity contribution is -0.107. The second-order valence-electron chi connectivity index (χ2n) is 5.24. The summed E-state index contributed by atoms with van der Waals surface area (Å²) in [5.74, 6) is 1.53. The first-order valence-electron chi connectivity index (χ1n) is 9.88. The molecule has 0 aromatic rings. The fourth-order valence-electron chi connectivity index (χ4n) is 1.76. The molecule has 0 spiro atoms. The van der Waals surface area contributed by atoms with Gasteiger partial charge in [-0.2, -0.15) is 0 Å². The third-order valence-corrected chi connectivity index (χ3v) is 7.86. The van der Waals surface area contributed by atoms with E-state index >= 15 is 0 Å². The number of aliphatic hydroxyl groups is 1. The van der Waals surface area contributed by atoms with Crippen LogP contribution in [0.25, 0.3) is 0 Å². The molecule has 0 aliphatic heterocycles. The Kier molecular flexibility index (Phi) is 28.5. The molecular weight excluding hydrogens is 397 g/mol. The normalized spacial score (nSPS) is 13.5. The van der Waals surface area contributed by atoms with Crippen LogP contribution < -0.4 is 0 Å². The van der Waals surface area contributed by atoms with Crippen molar-refractivity contribution >= 4 is 35.8 Å². The van der Waals surface area contributed by atoms with Crippen molar-refractivity contribution in [2.75, 3.05) is 24.6 Å². The van der Waals surface area contributed by atoms with Crippen molar-refractivity contribution in [1.82, 2.24) is 4.67 Å². The van der Waals surface area contributed by atoms with Gasteiger partial charge in [0.25, 0.3) is 0 Å². The van der Waals surface area contributed by atoms with Crippen LogP contribution in [0.2, 0.25) is 0 Å². The predicted molar refractivity (Wildman–Crippen MR) is 128 cm³/mol. The number of carbonyl (C=O) groups excluding carboxylic acids is 1. The largest absolute Gasteiger partial charge is 0.393 e. The minimum atomic E-state index is -1.10. The molecule has 2 atom stereocenters. The van der Waals surface area contributed by atoms with E-state index < -0.39 is 7.50 Å². The number of hydrogen-bond donors (Lipinski definition) is 2. The molecule has 0 rings (SSSR count). The number of aliphatic hydroxyl groups excluding tert-OH is 1. The Balaban J connectivity index is -0.000000607. The topological polar surface area (TPSA) is 60.8 Å². The molecule has 7 heteroatoms. The highest BCUT2D eigenvalue weighted by atomic mass is 32.7. The smallest absolute Gasteiger partial charge is 0.219 e. The SMILES string of the molecule is C/C=C\C(=C/C)C(=O)SCCSP(O)N(CC)CC.CC.CCCC(C)O. The molecule has 0 aromatic heterocycles. The summed E-state index contributed by atoms with van der Waals surface area (Å²) < 4.78 is 2.05. The highest BCUT2D eigenvalue weighted by Crippen LogP contribution is 2.48. The van der Waals surface area contributed by atoms with Gasteiger partial charge in [0, 0.05) is 30.2 Å². The first-order valence-corrected chi connectivity index (χ1v) is 13.7. The van der Waals surface area contributed by atoms with Crippen LogP contribution in [0.3, 0.4) is 0 Å². The van der Waals surface area contributed by atoms with E-state index in [2.05, 4.69) is 6.92 Å². The number of hydrogen-bond acceptors (Lipinski definition) is 6. The van der Waals surface area contributed by atoms with Gasteiger partial charge in [-0.05, 0) is 27.2 Å². The van der Waals surface area contributed by atoms with E-state index in [1.807, 2.05) is 71.4 Å². The minimum Gasteiger partial charge on any atom is -0.393 e. The van der Waals surface area contributed by atoms with Gasteiger partial charge in [0.2, 0.25) is 5.12 Å². The fourth-order valence-corrected chi connectivity index (χ4v) is 6.09. The Morgan fingerprint density at radius 3 is 2.04 bits per heavy atom. The zero-order valence-corrected chi connectivity index (χ0v) is 21.1. The van der Waals surface area contributed by atoms with Crippen molar-refractivity contribution in [2.45, 2.75) is 74.3 Å². The lowest BCUT2D eigenvalue weighted by Gasteiger charge is -2.22. The highest BCUT2D eigenvalue weighted by Gasteiger charge is 2.13. The van der Waals surface area contributed by atoms with E-state index in [-0.39, 0.29) is 11.2 Å². The van der Waals surface area contributed by atoms with Crippen molar-refractivity contribution in [3.05, 3.63) is 23.8 Å². The number of allylic oxidation sites excluding steroid dienone is 3. The zero-order valence-electron chi connectivity index (χ0n) is 18.6. The van der Waals surface area contributed by atoms with E-state index in [1.54, 1.807) is 11.4 Å². The maximum absolute atomic E-state index is 11.8. The van der Waals surface area contributed by atoms with Gasteiger partial charge in [0.15, 0.2) is 7.50 Å². The lowest BCUT2D eigenvalue weighted by atomic mass is 10.2. The molecule has 27 heavy (non-hydrogen) atoms. The van der Waals surface area contributed by atoms with Crippen LogP contribution in [0, 0.1) is 0 Å². The Morgan fingerprint density at radius 2 is 1.70 bits per heavy atom. The average molecular weight is 440 g/mol. The van der Waals surface area contributed by atoms with Crippen molar-refractivity contribution in [3.8, 4) is 0 Å². The minimum absolute atomic E-state index is 0.102. The van der Waals surface area contributed by atoms with E-state index in [9.17, 15) is 9.69 Å². The molecule has 4 nitrogen and oxygen atoms in total. The summed E-state index contributed by atoms with van der Waals surface area (Å²) in [5, 5.41) is 8.66. The summed E-state index contributed by atoms with van der Waals surface area (Å²) in [7, 11) is -1.10. The van der Waals surface area contributed by atoms with Gasteiger partial charge in [0.1, 0.15) is 0 Å². The van der Waals surface area contributed by atoms with Gasteiger partial charge < -0.3 is 10.00 Å². The Labute approximate surface area is 177 Å². The molecule has 0 heterocycles. The first-order chi connectivity index (χ1) is 12.9. The van der Waals surface area contributed by atoms with Gasteiger partial charge in [-0.25, -0.2) is 0 Å². The van der Waals surface area contributed by atoms with Crippen molar-refractivity contribution in [3.63, 3.8) is 0 Å². The molecule has 0 amide bonds. The molecule has 0 aliphatic rings. The van der Waals surface area contributed by atoms with Gasteiger partial charge in [0.05, 0.1) is 6.10 Å². The van der Waals surface area contributed by atoms with Gasteiger partial charge >= 0.3 is 0 Å². The highest BCUT2D eigenvalue weighted by molar-refractivity contribution is 8.53. The molecule has 0 aliphatic carbocycles. The second kappa shape index (κ2) is 24.2. The van der Waals surface area contributed by atoms with Gasteiger partial charge in [-0.15, -0.1) is 0 Å². The van der Waals surface area contributed by atoms with Gasteiger partial charge in [-0.1, -0.05) is 82.4 Å². The molecule has 0 saturated carbocycles. The quantitative estimate of drug-likeness (QED) is 0.172. The predicted octanol–water partition coefficient (Wildman–Crippen LogP) is 6.26. The number of carbonyl (C=O) groups is 1. The lowest BCUT2D eigenvalue weighted by Crippen LogP contribution is -2.15. The third kappa shape index (κ3) is 20.7. The standard InChI is InChI=1S/C13H24NO2PS2.C5H12O.C2H6/c1-5-9-12(6-2)13(15)18-10-11-19-17(16)14(7-3)8-4;1-3-4-5(2)6;1-2/h5-6,9,16H,7-8,10-11H2,1-4H3;5-6H,3-4H2,1-2H3;1-2H3/b9-5-,12-6+;;. The second-order valence-corrected chi connectivity index (χ2v) is 9.80. The summed E-state index contributed by atoms with van der Waals surface area (Å²) in [6.45, 7) is 17.5. The monoisotopic (exact) mass is 439 g/mol. The maximum Gasteiger partial charge on any atom is 0.219 e. The van der Waals surface area contributed by atoms with Crippen LogP contribution in [0.5, 0.6) is 0 Å². The van der Waals surface area contributed by atoms with Crippen molar-refractivity contribution < 1.29 is 14.8 Å². The molecule has 0 aromatic carbocycles. The average Bonchev–Trinajstić information content (AvgIpc) is 2.66. The molecule has 2 unspecified atom stereocenters. The summed E-state index contributed by atoms with van der Waals surface area (Å²) in [6, 6.07) is 0. The summed E-state index contributed by atoms with van der Waals surface area (Å²) >= 11 is 2.86. The third-order valence-electron chi connectivity index (χ3n) is 3.09. The van der Waals surface area contributed by atoms with Crippen molar-refractivity contribution in [2.24, 2.45) is 0 Å².